The van der Waals surface area contributed by atoms with Crippen LogP contribution in [0.1, 0.15) is 12.5 Å². The van der Waals surface area contributed by atoms with E-state index in [0.29, 0.717) is 0 Å². The number of likely N-dealkylation sites (N-methyl/N-ethyl adjacent to an activating group) is 1. The van der Waals surface area contributed by atoms with Crippen molar-refractivity contribution in [2.75, 3.05) is 26.7 Å². The van der Waals surface area contributed by atoms with Gasteiger partial charge in [0.05, 0.1) is 7.11 Å². The monoisotopic (exact) mass is 235 g/mol. The summed E-state index contributed by atoms with van der Waals surface area (Å²) in [5, 5.41) is 4.64. The quantitative estimate of drug-likeness (QED) is 0.848. The molecule has 0 amide bonds. The van der Waals surface area contributed by atoms with Gasteiger partial charge in [0.15, 0.2) is 0 Å². The zero-order valence-electron chi connectivity index (χ0n) is 10.6. The maximum Gasteiger partial charge on any atom is 0.118 e. The summed E-state index contributed by atoms with van der Waals surface area (Å²) in [5.74, 6) is 0.902. The summed E-state index contributed by atoms with van der Waals surface area (Å²) in [6.45, 7) is 6.01. The summed E-state index contributed by atoms with van der Waals surface area (Å²) in [7, 11) is 1.69. The molecule has 0 spiro atoms. The topological polar surface area (TPSA) is 41.7 Å². The normalized spacial score (nSPS) is 21.9. The summed E-state index contributed by atoms with van der Waals surface area (Å²) < 4.78 is 5.15. The molecule has 0 saturated carbocycles. The number of benzene rings is 1. The van der Waals surface area contributed by atoms with Gasteiger partial charge in [-0.2, -0.15) is 0 Å². The largest absolute Gasteiger partial charge is 0.497 e. The molecule has 1 aliphatic rings. The summed E-state index contributed by atoms with van der Waals surface area (Å²) in [4.78, 5) is 0. The van der Waals surface area contributed by atoms with E-state index in [1.807, 2.05) is 12.1 Å². The molecule has 0 aromatic heterocycles. The van der Waals surface area contributed by atoms with Crippen molar-refractivity contribution < 1.29 is 4.74 Å². The summed E-state index contributed by atoms with van der Waals surface area (Å²) >= 11 is 0. The molecular formula is C13H21N3O. The van der Waals surface area contributed by atoms with Crippen molar-refractivity contribution >= 4 is 0 Å². The number of hydrogen-bond donors (Lipinski definition) is 1. The van der Waals surface area contributed by atoms with Crippen LogP contribution >= 0.6 is 0 Å². The Bertz CT molecular complexity index is 352. The molecule has 2 N–H and O–H groups in total. The average Bonchev–Trinajstić information content (AvgIpc) is 2.70. The molecule has 1 fully saturated rings. The summed E-state index contributed by atoms with van der Waals surface area (Å²) in [5.41, 5.74) is 7.28. The minimum atomic E-state index is 0.271. The molecule has 1 aromatic rings. The molecule has 1 aliphatic heterocycles. The van der Waals surface area contributed by atoms with Gasteiger partial charge in [0.25, 0.3) is 0 Å². The van der Waals surface area contributed by atoms with E-state index in [-0.39, 0.29) is 6.04 Å². The lowest BCUT2D eigenvalue weighted by Gasteiger charge is -2.26. The smallest absolute Gasteiger partial charge is 0.118 e. The van der Waals surface area contributed by atoms with E-state index in [9.17, 15) is 0 Å². The van der Waals surface area contributed by atoms with Crippen molar-refractivity contribution in [3.63, 3.8) is 0 Å². The second-order valence-corrected chi connectivity index (χ2v) is 4.46. The van der Waals surface area contributed by atoms with Crippen LogP contribution < -0.4 is 10.5 Å². The van der Waals surface area contributed by atoms with Gasteiger partial charge in [0, 0.05) is 32.2 Å². The van der Waals surface area contributed by atoms with Crippen LogP contribution in [0.4, 0.5) is 0 Å². The molecule has 1 aromatic carbocycles. The summed E-state index contributed by atoms with van der Waals surface area (Å²) in [6.07, 6.45) is 0. The highest BCUT2D eigenvalue weighted by atomic mass is 16.5. The van der Waals surface area contributed by atoms with E-state index >= 15 is 0 Å². The van der Waals surface area contributed by atoms with E-state index in [2.05, 4.69) is 29.1 Å². The first-order valence-electron chi connectivity index (χ1n) is 6.11. The van der Waals surface area contributed by atoms with E-state index in [4.69, 9.17) is 10.5 Å². The fourth-order valence-electron chi connectivity index (χ4n) is 2.27. The number of nitrogens with zero attached hydrogens (tertiary/aromatic N) is 2. The second-order valence-electron chi connectivity index (χ2n) is 4.46. The molecule has 0 radical (unpaired) electrons. The molecule has 94 valence electrons. The SMILES string of the molecule is CCN1CC(N)CN1Cc1ccc(OC)cc1. The van der Waals surface area contributed by atoms with E-state index in [1.54, 1.807) is 7.11 Å². The third kappa shape index (κ3) is 2.97. The number of hydrazine groups is 1. The molecule has 0 aliphatic carbocycles. The Morgan fingerprint density at radius 1 is 1.24 bits per heavy atom. The third-order valence-electron chi connectivity index (χ3n) is 3.18. The first kappa shape index (κ1) is 12.4. The first-order valence-corrected chi connectivity index (χ1v) is 6.11. The number of methoxy groups -OCH3 is 1. The van der Waals surface area contributed by atoms with Gasteiger partial charge in [-0.15, -0.1) is 0 Å². The van der Waals surface area contributed by atoms with Crippen molar-refractivity contribution in [2.45, 2.75) is 19.5 Å². The molecule has 1 atom stereocenters. The van der Waals surface area contributed by atoms with Crippen molar-refractivity contribution in [3.8, 4) is 5.75 Å². The van der Waals surface area contributed by atoms with Gasteiger partial charge in [-0.3, -0.25) is 0 Å². The van der Waals surface area contributed by atoms with E-state index in [0.717, 1.165) is 31.9 Å². The standard InChI is InChI=1S/C13H21N3O/c1-3-15-9-12(14)10-16(15)8-11-4-6-13(17-2)7-5-11/h4-7,12H,3,8-10,14H2,1-2H3. The fraction of sp³-hybridized carbons (Fsp3) is 0.538. The zero-order chi connectivity index (χ0) is 12.3. The van der Waals surface area contributed by atoms with Crippen LogP contribution in [0.2, 0.25) is 0 Å². The Labute approximate surface area is 103 Å². The maximum absolute atomic E-state index is 5.99. The van der Waals surface area contributed by atoms with Crippen molar-refractivity contribution in [3.05, 3.63) is 29.8 Å². The first-order chi connectivity index (χ1) is 8.22. The highest BCUT2D eigenvalue weighted by molar-refractivity contribution is 5.27. The van der Waals surface area contributed by atoms with Gasteiger partial charge in [-0.05, 0) is 17.7 Å². The van der Waals surface area contributed by atoms with Crippen LogP contribution in [0.5, 0.6) is 5.75 Å². The van der Waals surface area contributed by atoms with Crippen molar-refractivity contribution in [2.24, 2.45) is 5.73 Å². The number of ether oxygens (including phenoxy) is 1. The van der Waals surface area contributed by atoms with E-state index in [1.165, 1.54) is 5.56 Å². The summed E-state index contributed by atoms with van der Waals surface area (Å²) in [6, 6.07) is 8.49. The predicted molar refractivity (Wildman–Crippen MR) is 68.6 cm³/mol. The highest BCUT2D eigenvalue weighted by Crippen LogP contribution is 2.16. The molecule has 4 heteroatoms. The van der Waals surface area contributed by atoms with Crippen LogP contribution in [0, 0.1) is 0 Å². The van der Waals surface area contributed by atoms with Crippen LogP contribution in [-0.2, 0) is 6.54 Å². The highest BCUT2D eigenvalue weighted by Gasteiger charge is 2.26. The van der Waals surface area contributed by atoms with Gasteiger partial charge in [0.2, 0.25) is 0 Å². The number of rotatable bonds is 4. The van der Waals surface area contributed by atoms with Crippen molar-refractivity contribution in [1.29, 1.82) is 0 Å². The minimum Gasteiger partial charge on any atom is -0.497 e. The Morgan fingerprint density at radius 3 is 2.47 bits per heavy atom. The molecule has 1 heterocycles. The van der Waals surface area contributed by atoms with Gasteiger partial charge in [0.1, 0.15) is 5.75 Å². The van der Waals surface area contributed by atoms with Crippen LogP contribution in [0.3, 0.4) is 0 Å². The fourth-order valence-corrected chi connectivity index (χ4v) is 2.27. The lowest BCUT2D eigenvalue weighted by molar-refractivity contribution is 0.0246. The van der Waals surface area contributed by atoms with Crippen molar-refractivity contribution in [1.82, 2.24) is 10.0 Å². The maximum atomic E-state index is 5.99. The van der Waals surface area contributed by atoms with Gasteiger partial charge >= 0.3 is 0 Å². The number of hydrogen-bond acceptors (Lipinski definition) is 4. The number of nitrogens with two attached hydrogens (primary N) is 1. The lowest BCUT2D eigenvalue weighted by Crippen LogP contribution is -2.35. The molecule has 4 nitrogen and oxygen atoms in total. The minimum absolute atomic E-state index is 0.271. The van der Waals surface area contributed by atoms with Gasteiger partial charge in [-0.1, -0.05) is 19.1 Å². The lowest BCUT2D eigenvalue weighted by atomic mass is 10.2. The Morgan fingerprint density at radius 2 is 1.88 bits per heavy atom. The van der Waals surface area contributed by atoms with Crippen LogP contribution in [0.15, 0.2) is 24.3 Å². The van der Waals surface area contributed by atoms with Gasteiger partial charge in [-0.25, -0.2) is 10.0 Å². The van der Waals surface area contributed by atoms with Crippen LogP contribution in [0.25, 0.3) is 0 Å². The molecule has 1 saturated heterocycles. The molecule has 2 rings (SSSR count). The Kier molecular flexibility index (Phi) is 3.99. The molecule has 17 heavy (non-hydrogen) atoms. The second kappa shape index (κ2) is 5.49. The third-order valence-corrected chi connectivity index (χ3v) is 3.18. The molecule has 0 bridgehead atoms. The molecular weight excluding hydrogens is 214 g/mol. The van der Waals surface area contributed by atoms with E-state index < -0.39 is 0 Å². The average molecular weight is 235 g/mol. The predicted octanol–water partition coefficient (Wildman–Crippen LogP) is 1.08. The van der Waals surface area contributed by atoms with Gasteiger partial charge < -0.3 is 10.5 Å². The molecule has 1 unspecified atom stereocenters. The zero-order valence-corrected chi connectivity index (χ0v) is 10.6. The Balaban J connectivity index is 1.99. The Hall–Kier alpha value is -1.10. The van der Waals surface area contributed by atoms with Crippen LogP contribution in [-0.4, -0.2) is 42.8 Å².